The summed E-state index contributed by atoms with van der Waals surface area (Å²) in [4.78, 5) is 2.14. The number of aliphatic hydroxyl groups excluding tert-OH is 2. The van der Waals surface area contributed by atoms with Crippen molar-refractivity contribution in [2.24, 2.45) is 5.92 Å². The first kappa shape index (κ1) is 15.1. The predicted molar refractivity (Wildman–Crippen MR) is 77.7 cm³/mol. The summed E-state index contributed by atoms with van der Waals surface area (Å²) < 4.78 is 0. The zero-order valence-electron chi connectivity index (χ0n) is 10.9. The van der Waals surface area contributed by atoms with E-state index in [0.717, 1.165) is 24.1 Å². The van der Waals surface area contributed by atoms with Gasteiger partial charge in [0.1, 0.15) is 0 Å². The fourth-order valence-corrected chi connectivity index (χ4v) is 2.91. The van der Waals surface area contributed by atoms with Gasteiger partial charge in [-0.05, 0) is 31.0 Å². The summed E-state index contributed by atoms with van der Waals surface area (Å²) >= 11 is 12.4. The Morgan fingerprint density at radius 2 is 2.05 bits per heavy atom. The molecule has 2 atom stereocenters. The summed E-state index contributed by atoms with van der Waals surface area (Å²) in [5, 5.41) is 20.3. The Labute approximate surface area is 123 Å². The fourth-order valence-electron chi connectivity index (χ4n) is 2.45. The molecule has 0 unspecified atom stereocenters. The Morgan fingerprint density at radius 3 is 2.68 bits per heavy atom. The van der Waals surface area contributed by atoms with E-state index in [2.05, 4.69) is 4.90 Å². The number of rotatable bonds is 3. The Balaban J connectivity index is 2.05. The number of piperidine rings is 1. The number of aliphatic hydroxyl groups is 2. The van der Waals surface area contributed by atoms with Crippen LogP contribution in [0.5, 0.6) is 0 Å². The van der Waals surface area contributed by atoms with Crippen LogP contribution >= 0.6 is 23.2 Å². The van der Waals surface area contributed by atoms with E-state index in [-0.39, 0.29) is 12.5 Å². The molecule has 2 N–H and O–H groups in total. The lowest BCUT2D eigenvalue weighted by Gasteiger charge is -2.35. The molecule has 0 aliphatic carbocycles. The van der Waals surface area contributed by atoms with E-state index < -0.39 is 6.10 Å². The van der Waals surface area contributed by atoms with Gasteiger partial charge in [0.15, 0.2) is 0 Å². The molecule has 1 saturated heterocycles. The normalized spacial score (nSPS) is 24.7. The van der Waals surface area contributed by atoms with Crippen LogP contribution in [0.1, 0.15) is 17.5 Å². The molecule has 19 heavy (non-hydrogen) atoms. The van der Waals surface area contributed by atoms with Gasteiger partial charge < -0.3 is 10.2 Å². The van der Waals surface area contributed by atoms with Crippen LogP contribution in [-0.4, -0.2) is 40.9 Å². The molecule has 1 aliphatic rings. The summed E-state index contributed by atoms with van der Waals surface area (Å²) in [5.41, 5.74) is 1.95. The fraction of sp³-hybridized carbons (Fsp3) is 0.571. The van der Waals surface area contributed by atoms with Gasteiger partial charge in [0, 0.05) is 25.6 Å². The van der Waals surface area contributed by atoms with Crippen molar-refractivity contribution in [2.75, 3.05) is 19.7 Å². The quantitative estimate of drug-likeness (QED) is 0.901. The number of nitrogens with zero attached hydrogens (tertiary/aromatic N) is 1. The first-order valence-corrected chi connectivity index (χ1v) is 7.23. The Hall–Kier alpha value is -0.320. The maximum atomic E-state index is 9.92. The summed E-state index contributed by atoms with van der Waals surface area (Å²) in [5.74, 6) is -0.00618. The molecule has 0 radical (unpaired) electrons. The molecule has 106 valence electrons. The van der Waals surface area contributed by atoms with Crippen molar-refractivity contribution >= 4 is 23.2 Å². The van der Waals surface area contributed by atoms with Gasteiger partial charge in [0.2, 0.25) is 0 Å². The summed E-state index contributed by atoms with van der Waals surface area (Å²) in [7, 11) is 0. The molecule has 3 nitrogen and oxygen atoms in total. The van der Waals surface area contributed by atoms with Crippen molar-refractivity contribution in [3.05, 3.63) is 33.3 Å². The predicted octanol–water partition coefficient (Wildman–Crippen LogP) is 2.48. The van der Waals surface area contributed by atoms with Crippen LogP contribution in [0.25, 0.3) is 0 Å². The number of aryl methyl sites for hydroxylation is 1. The third kappa shape index (κ3) is 3.41. The minimum absolute atomic E-state index is 0.00618. The lowest BCUT2D eigenvalue weighted by atomic mass is 9.94. The molecule has 1 aromatic carbocycles. The summed E-state index contributed by atoms with van der Waals surface area (Å²) in [6, 6.07) is 3.94. The van der Waals surface area contributed by atoms with E-state index in [1.165, 1.54) is 0 Å². The average Bonchev–Trinajstić information content (AvgIpc) is 2.40. The Kier molecular flexibility index (Phi) is 5.09. The zero-order valence-corrected chi connectivity index (χ0v) is 12.5. The van der Waals surface area contributed by atoms with Crippen molar-refractivity contribution < 1.29 is 10.2 Å². The number of hydrogen-bond acceptors (Lipinski definition) is 3. The number of halogens is 2. The van der Waals surface area contributed by atoms with Gasteiger partial charge in [0.25, 0.3) is 0 Å². The zero-order chi connectivity index (χ0) is 14.0. The summed E-state index contributed by atoms with van der Waals surface area (Å²) in [6.45, 7) is 4.06. The minimum atomic E-state index is -0.474. The van der Waals surface area contributed by atoms with Gasteiger partial charge in [-0.3, -0.25) is 4.90 Å². The molecule has 1 aliphatic heterocycles. The van der Waals surface area contributed by atoms with Gasteiger partial charge in [-0.15, -0.1) is 0 Å². The molecular formula is C14H19Cl2NO2. The lowest BCUT2D eigenvalue weighted by Crippen LogP contribution is -2.44. The lowest BCUT2D eigenvalue weighted by molar-refractivity contribution is -0.00443. The molecule has 0 amide bonds. The molecule has 2 rings (SSSR count). The second-order valence-electron chi connectivity index (χ2n) is 5.20. The molecule has 1 aromatic rings. The molecule has 0 bridgehead atoms. The number of β-amino-alcohol motifs (C(OH)–C–C–N with tert-alkyl or cyclic N) is 1. The highest BCUT2D eigenvalue weighted by Crippen LogP contribution is 2.30. The highest BCUT2D eigenvalue weighted by atomic mass is 35.5. The largest absolute Gasteiger partial charge is 0.396 e. The van der Waals surface area contributed by atoms with Gasteiger partial charge >= 0.3 is 0 Å². The van der Waals surface area contributed by atoms with Crippen molar-refractivity contribution in [3.8, 4) is 0 Å². The van der Waals surface area contributed by atoms with Gasteiger partial charge in [0.05, 0.1) is 16.1 Å². The van der Waals surface area contributed by atoms with Gasteiger partial charge in [-0.25, -0.2) is 0 Å². The summed E-state index contributed by atoms with van der Waals surface area (Å²) in [6.07, 6.45) is 0.327. The maximum absolute atomic E-state index is 9.92. The standard InChI is InChI=1S/C14H19Cl2NO2/c1-9-2-3-10(14(16)13(9)15)6-17-5-4-11(8-18)12(19)7-17/h2-3,11-12,18-19H,4-8H2,1H3/t11-,12+/m0/s1. The van der Waals surface area contributed by atoms with Crippen LogP contribution in [0.3, 0.4) is 0 Å². The van der Waals surface area contributed by atoms with Crippen LogP contribution in [0.15, 0.2) is 12.1 Å². The minimum Gasteiger partial charge on any atom is -0.396 e. The third-order valence-corrected chi connectivity index (χ3v) is 4.80. The monoisotopic (exact) mass is 303 g/mol. The van der Waals surface area contributed by atoms with Crippen molar-refractivity contribution in [1.29, 1.82) is 0 Å². The van der Waals surface area contributed by atoms with E-state index in [9.17, 15) is 5.11 Å². The molecular weight excluding hydrogens is 285 g/mol. The topological polar surface area (TPSA) is 43.7 Å². The second-order valence-corrected chi connectivity index (χ2v) is 5.96. The first-order valence-electron chi connectivity index (χ1n) is 6.47. The first-order chi connectivity index (χ1) is 9.02. The van der Waals surface area contributed by atoms with Crippen LogP contribution in [0, 0.1) is 12.8 Å². The van der Waals surface area contributed by atoms with E-state index >= 15 is 0 Å². The molecule has 0 spiro atoms. The van der Waals surface area contributed by atoms with E-state index in [1.807, 2.05) is 19.1 Å². The Morgan fingerprint density at radius 1 is 1.32 bits per heavy atom. The average molecular weight is 304 g/mol. The van der Waals surface area contributed by atoms with Gasteiger partial charge in [-0.2, -0.15) is 0 Å². The highest BCUT2D eigenvalue weighted by Gasteiger charge is 2.27. The number of benzene rings is 1. The highest BCUT2D eigenvalue weighted by molar-refractivity contribution is 6.42. The molecule has 0 saturated carbocycles. The van der Waals surface area contributed by atoms with E-state index in [4.69, 9.17) is 28.3 Å². The van der Waals surface area contributed by atoms with Crippen LogP contribution in [0.4, 0.5) is 0 Å². The smallest absolute Gasteiger partial charge is 0.0717 e. The van der Waals surface area contributed by atoms with Gasteiger partial charge in [-0.1, -0.05) is 35.3 Å². The SMILES string of the molecule is Cc1ccc(CN2CC[C@@H](CO)[C@H](O)C2)c(Cl)c1Cl. The van der Waals surface area contributed by atoms with Crippen LogP contribution in [-0.2, 0) is 6.54 Å². The molecule has 0 aromatic heterocycles. The van der Waals surface area contributed by atoms with Crippen LogP contribution < -0.4 is 0 Å². The third-order valence-electron chi connectivity index (χ3n) is 3.79. The van der Waals surface area contributed by atoms with Crippen molar-refractivity contribution in [1.82, 2.24) is 4.90 Å². The number of hydrogen-bond donors (Lipinski definition) is 2. The second kappa shape index (κ2) is 6.42. The van der Waals surface area contributed by atoms with E-state index in [0.29, 0.717) is 23.1 Å². The van der Waals surface area contributed by atoms with Crippen molar-refractivity contribution in [3.63, 3.8) is 0 Å². The molecule has 1 heterocycles. The van der Waals surface area contributed by atoms with Crippen LogP contribution in [0.2, 0.25) is 10.0 Å². The number of likely N-dealkylation sites (tertiary alicyclic amines) is 1. The Bertz CT molecular complexity index is 453. The molecule has 5 heteroatoms. The molecule has 1 fully saturated rings. The maximum Gasteiger partial charge on any atom is 0.0717 e. The van der Waals surface area contributed by atoms with Crippen molar-refractivity contribution in [2.45, 2.75) is 26.0 Å². The van der Waals surface area contributed by atoms with E-state index in [1.54, 1.807) is 0 Å².